The van der Waals surface area contributed by atoms with Crippen LogP contribution in [-0.2, 0) is 0 Å². The number of anilines is 1. The lowest BCUT2D eigenvalue weighted by Gasteiger charge is -2.28. The summed E-state index contributed by atoms with van der Waals surface area (Å²) in [5.41, 5.74) is 0.764. The number of ether oxygens (including phenoxy) is 1. The standard InChI is InChI=1S/C14H21N3O2/c1-10-9-12(7-8-15-10)17-14(18)16-11-3-5-13(19-2)6-4-11/h3-6,10,12,15H,7-9H2,1-2H3,(H2,16,17,18). The summed E-state index contributed by atoms with van der Waals surface area (Å²) in [5.74, 6) is 0.776. The molecule has 1 heterocycles. The molecule has 1 aromatic rings. The van der Waals surface area contributed by atoms with Crippen molar-refractivity contribution in [2.75, 3.05) is 19.0 Å². The molecule has 1 saturated heterocycles. The van der Waals surface area contributed by atoms with Crippen LogP contribution < -0.4 is 20.7 Å². The molecule has 3 N–H and O–H groups in total. The topological polar surface area (TPSA) is 62.4 Å². The van der Waals surface area contributed by atoms with Gasteiger partial charge < -0.3 is 20.7 Å². The molecule has 0 aliphatic carbocycles. The van der Waals surface area contributed by atoms with Crippen molar-refractivity contribution in [3.63, 3.8) is 0 Å². The molecule has 2 atom stereocenters. The number of methoxy groups -OCH3 is 1. The molecule has 2 unspecified atom stereocenters. The lowest BCUT2D eigenvalue weighted by atomic mass is 10.0. The Kier molecular flexibility index (Phi) is 4.63. The van der Waals surface area contributed by atoms with Gasteiger partial charge in [0, 0.05) is 17.8 Å². The third kappa shape index (κ3) is 4.13. The minimum Gasteiger partial charge on any atom is -0.497 e. The number of hydrogen-bond donors (Lipinski definition) is 3. The molecule has 2 rings (SSSR count). The molecule has 19 heavy (non-hydrogen) atoms. The van der Waals surface area contributed by atoms with Crippen LogP contribution in [0.15, 0.2) is 24.3 Å². The average Bonchev–Trinajstić information content (AvgIpc) is 2.39. The van der Waals surface area contributed by atoms with Crippen molar-refractivity contribution in [3.8, 4) is 5.75 Å². The summed E-state index contributed by atoms with van der Waals surface area (Å²) in [5, 5.41) is 9.20. The van der Waals surface area contributed by atoms with Gasteiger partial charge in [0.25, 0.3) is 0 Å². The zero-order chi connectivity index (χ0) is 13.7. The number of rotatable bonds is 3. The monoisotopic (exact) mass is 263 g/mol. The number of amides is 2. The van der Waals surface area contributed by atoms with E-state index in [-0.39, 0.29) is 12.1 Å². The van der Waals surface area contributed by atoms with E-state index in [0.717, 1.165) is 30.8 Å². The van der Waals surface area contributed by atoms with E-state index in [1.165, 1.54) is 0 Å². The van der Waals surface area contributed by atoms with Crippen molar-refractivity contribution in [2.45, 2.75) is 31.8 Å². The number of urea groups is 1. The van der Waals surface area contributed by atoms with Crippen LogP contribution in [0.1, 0.15) is 19.8 Å². The van der Waals surface area contributed by atoms with Crippen molar-refractivity contribution >= 4 is 11.7 Å². The van der Waals surface area contributed by atoms with E-state index in [1.807, 2.05) is 24.3 Å². The predicted molar refractivity (Wildman–Crippen MR) is 75.6 cm³/mol. The van der Waals surface area contributed by atoms with Gasteiger partial charge >= 0.3 is 6.03 Å². The number of nitrogens with one attached hydrogen (secondary N) is 3. The molecule has 0 spiro atoms. The Labute approximate surface area is 113 Å². The van der Waals surface area contributed by atoms with Gasteiger partial charge in [-0.25, -0.2) is 4.79 Å². The lowest BCUT2D eigenvalue weighted by Crippen LogP contribution is -2.47. The Bertz CT molecular complexity index is 419. The first-order valence-corrected chi connectivity index (χ1v) is 6.62. The first-order chi connectivity index (χ1) is 9.17. The molecule has 1 aromatic carbocycles. The maximum Gasteiger partial charge on any atom is 0.319 e. The number of hydrogen-bond acceptors (Lipinski definition) is 3. The Balaban J connectivity index is 1.83. The molecule has 104 valence electrons. The highest BCUT2D eigenvalue weighted by molar-refractivity contribution is 5.89. The van der Waals surface area contributed by atoms with Gasteiger partial charge in [-0.1, -0.05) is 0 Å². The normalized spacial score (nSPS) is 22.6. The molecular weight excluding hydrogens is 242 g/mol. The summed E-state index contributed by atoms with van der Waals surface area (Å²) in [6.07, 6.45) is 1.94. The number of piperidine rings is 1. The van der Waals surface area contributed by atoms with E-state index in [2.05, 4.69) is 22.9 Å². The van der Waals surface area contributed by atoms with Gasteiger partial charge in [0.2, 0.25) is 0 Å². The lowest BCUT2D eigenvalue weighted by molar-refractivity contribution is 0.242. The molecule has 5 heteroatoms. The summed E-state index contributed by atoms with van der Waals surface area (Å²) >= 11 is 0. The van der Waals surface area contributed by atoms with Crippen LogP contribution in [0, 0.1) is 0 Å². The van der Waals surface area contributed by atoms with Gasteiger partial charge in [-0.3, -0.25) is 0 Å². The van der Waals surface area contributed by atoms with Gasteiger partial charge in [0.15, 0.2) is 0 Å². The first-order valence-electron chi connectivity index (χ1n) is 6.62. The van der Waals surface area contributed by atoms with Gasteiger partial charge in [0.05, 0.1) is 7.11 Å². The van der Waals surface area contributed by atoms with E-state index in [0.29, 0.717) is 6.04 Å². The van der Waals surface area contributed by atoms with E-state index in [1.54, 1.807) is 7.11 Å². The number of benzene rings is 1. The van der Waals surface area contributed by atoms with Gasteiger partial charge in [-0.05, 0) is 50.6 Å². The highest BCUT2D eigenvalue weighted by atomic mass is 16.5. The minimum atomic E-state index is -0.149. The second-order valence-electron chi connectivity index (χ2n) is 4.90. The maximum absolute atomic E-state index is 11.9. The Morgan fingerprint density at radius 1 is 1.37 bits per heavy atom. The molecule has 5 nitrogen and oxygen atoms in total. The van der Waals surface area contributed by atoms with Crippen LogP contribution in [0.5, 0.6) is 5.75 Å². The molecule has 0 bridgehead atoms. The second kappa shape index (κ2) is 6.43. The van der Waals surface area contributed by atoms with E-state index < -0.39 is 0 Å². The van der Waals surface area contributed by atoms with Gasteiger partial charge in [0.1, 0.15) is 5.75 Å². The number of carbonyl (C=O) groups is 1. The fraction of sp³-hybridized carbons (Fsp3) is 0.500. The molecule has 1 aliphatic heterocycles. The zero-order valence-electron chi connectivity index (χ0n) is 11.4. The minimum absolute atomic E-state index is 0.149. The van der Waals surface area contributed by atoms with E-state index >= 15 is 0 Å². The fourth-order valence-corrected chi connectivity index (χ4v) is 2.29. The third-order valence-electron chi connectivity index (χ3n) is 3.31. The van der Waals surface area contributed by atoms with Crippen LogP contribution in [0.25, 0.3) is 0 Å². The van der Waals surface area contributed by atoms with Crippen molar-refractivity contribution in [3.05, 3.63) is 24.3 Å². The quantitative estimate of drug-likeness (QED) is 0.781. The fourth-order valence-electron chi connectivity index (χ4n) is 2.29. The van der Waals surface area contributed by atoms with Crippen LogP contribution in [-0.4, -0.2) is 31.8 Å². The molecule has 1 fully saturated rings. The smallest absolute Gasteiger partial charge is 0.319 e. The van der Waals surface area contributed by atoms with E-state index in [9.17, 15) is 4.79 Å². The molecule has 0 aromatic heterocycles. The Morgan fingerprint density at radius 2 is 2.11 bits per heavy atom. The highest BCUT2D eigenvalue weighted by Crippen LogP contribution is 2.15. The molecule has 0 saturated carbocycles. The van der Waals surface area contributed by atoms with E-state index in [4.69, 9.17) is 4.74 Å². The summed E-state index contributed by atoms with van der Waals surface area (Å²) in [4.78, 5) is 11.9. The highest BCUT2D eigenvalue weighted by Gasteiger charge is 2.19. The molecule has 2 amide bonds. The van der Waals surface area contributed by atoms with Crippen molar-refractivity contribution in [2.24, 2.45) is 0 Å². The van der Waals surface area contributed by atoms with Crippen LogP contribution in [0.2, 0.25) is 0 Å². The zero-order valence-corrected chi connectivity index (χ0v) is 11.4. The number of carbonyl (C=O) groups excluding carboxylic acids is 1. The summed E-state index contributed by atoms with van der Waals surface area (Å²) in [6, 6.07) is 7.84. The van der Waals surface area contributed by atoms with Gasteiger partial charge in [-0.2, -0.15) is 0 Å². The van der Waals surface area contributed by atoms with Crippen LogP contribution in [0.3, 0.4) is 0 Å². The summed E-state index contributed by atoms with van der Waals surface area (Å²) in [6.45, 7) is 3.09. The Hall–Kier alpha value is -1.75. The first kappa shape index (κ1) is 13.7. The van der Waals surface area contributed by atoms with Crippen LogP contribution >= 0.6 is 0 Å². The third-order valence-corrected chi connectivity index (χ3v) is 3.31. The summed E-state index contributed by atoms with van der Waals surface area (Å²) < 4.78 is 5.07. The molecule has 0 radical (unpaired) electrons. The van der Waals surface area contributed by atoms with Crippen molar-refractivity contribution < 1.29 is 9.53 Å². The Morgan fingerprint density at radius 3 is 2.74 bits per heavy atom. The van der Waals surface area contributed by atoms with Gasteiger partial charge in [-0.15, -0.1) is 0 Å². The average molecular weight is 263 g/mol. The maximum atomic E-state index is 11.9. The van der Waals surface area contributed by atoms with Crippen molar-refractivity contribution in [1.29, 1.82) is 0 Å². The second-order valence-corrected chi connectivity index (χ2v) is 4.90. The largest absolute Gasteiger partial charge is 0.497 e. The summed E-state index contributed by atoms with van der Waals surface area (Å²) in [7, 11) is 1.62. The SMILES string of the molecule is COc1ccc(NC(=O)NC2CCNC(C)C2)cc1. The van der Waals surface area contributed by atoms with Crippen molar-refractivity contribution in [1.82, 2.24) is 10.6 Å². The molecular formula is C14H21N3O2. The van der Waals surface area contributed by atoms with Crippen LogP contribution in [0.4, 0.5) is 10.5 Å². The molecule has 1 aliphatic rings. The predicted octanol–water partition coefficient (Wildman–Crippen LogP) is 1.96.